The van der Waals surface area contributed by atoms with Gasteiger partial charge >= 0.3 is 0 Å². The standard InChI is InChI=1S/C26H29ClN2O4S/c1-19-10-7-8-13-22(19)26(20-11-5-4-6-12-20)28-25(30)14-9-17-29(34(3,31)32)21-15-16-24(33-2)23(27)18-21/h4-8,10-13,15-16,18,26H,9,14,17H2,1-3H3,(H,28,30)/t26-/m0/s1. The minimum atomic E-state index is -3.56. The van der Waals surface area contributed by atoms with Crippen LogP contribution in [0.3, 0.4) is 0 Å². The largest absolute Gasteiger partial charge is 0.495 e. The molecule has 180 valence electrons. The molecule has 0 saturated heterocycles. The van der Waals surface area contributed by atoms with Crippen molar-refractivity contribution in [2.45, 2.75) is 25.8 Å². The third-order valence-electron chi connectivity index (χ3n) is 5.53. The summed E-state index contributed by atoms with van der Waals surface area (Å²) in [6.45, 7) is 2.16. The number of aryl methyl sites for hydroxylation is 1. The van der Waals surface area contributed by atoms with E-state index in [9.17, 15) is 13.2 Å². The number of hydrogen-bond acceptors (Lipinski definition) is 4. The average Bonchev–Trinajstić information content (AvgIpc) is 2.80. The number of anilines is 1. The fraction of sp³-hybridized carbons (Fsp3) is 0.269. The van der Waals surface area contributed by atoms with E-state index in [0.29, 0.717) is 22.9 Å². The number of methoxy groups -OCH3 is 1. The first-order chi connectivity index (χ1) is 16.2. The average molecular weight is 501 g/mol. The lowest BCUT2D eigenvalue weighted by Crippen LogP contribution is -2.33. The number of halogens is 1. The van der Waals surface area contributed by atoms with Crippen molar-refractivity contribution < 1.29 is 17.9 Å². The molecule has 0 fully saturated rings. The molecule has 0 aliphatic heterocycles. The van der Waals surface area contributed by atoms with E-state index in [1.54, 1.807) is 18.2 Å². The Balaban J connectivity index is 1.71. The molecule has 0 bridgehead atoms. The molecule has 3 aromatic carbocycles. The summed E-state index contributed by atoms with van der Waals surface area (Å²) in [7, 11) is -2.07. The van der Waals surface area contributed by atoms with E-state index in [0.717, 1.165) is 22.9 Å². The molecule has 0 spiro atoms. The molecule has 0 aromatic heterocycles. The number of sulfonamides is 1. The molecule has 0 saturated carbocycles. The molecule has 0 heterocycles. The van der Waals surface area contributed by atoms with Gasteiger partial charge in [-0.2, -0.15) is 0 Å². The molecular formula is C26H29ClN2O4S. The van der Waals surface area contributed by atoms with Crippen LogP contribution in [0, 0.1) is 6.92 Å². The smallest absolute Gasteiger partial charge is 0.232 e. The second kappa shape index (κ2) is 11.4. The second-order valence-electron chi connectivity index (χ2n) is 8.03. The summed E-state index contributed by atoms with van der Waals surface area (Å²) >= 11 is 6.18. The number of carbonyl (C=O) groups excluding carboxylic acids is 1. The topological polar surface area (TPSA) is 75.7 Å². The SMILES string of the molecule is COc1ccc(N(CCCC(=O)N[C@@H](c2ccccc2)c2ccccc2C)S(C)(=O)=O)cc1Cl. The van der Waals surface area contributed by atoms with Crippen LogP contribution in [0.25, 0.3) is 0 Å². The van der Waals surface area contributed by atoms with E-state index in [-0.39, 0.29) is 24.9 Å². The number of ether oxygens (including phenoxy) is 1. The quantitative estimate of drug-likeness (QED) is 0.419. The minimum Gasteiger partial charge on any atom is -0.495 e. The molecule has 8 heteroatoms. The van der Waals surface area contributed by atoms with Crippen LogP contribution in [0.5, 0.6) is 5.75 Å². The van der Waals surface area contributed by atoms with E-state index in [1.807, 2.05) is 61.5 Å². The van der Waals surface area contributed by atoms with Crippen LogP contribution in [0.15, 0.2) is 72.8 Å². The Kier molecular flexibility index (Phi) is 8.58. The third-order valence-corrected chi connectivity index (χ3v) is 7.02. The van der Waals surface area contributed by atoms with Gasteiger partial charge in [-0.1, -0.05) is 66.2 Å². The normalized spacial score (nSPS) is 12.1. The first-order valence-electron chi connectivity index (χ1n) is 10.9. The number of nitrogens with zero attached hydrogens (tertiary/aromatic N) is 1. The highest BCUT2D eigenvalue weighted by Crippen LogP contribution is 2.30. The lowest BCUT2D eigenvalue weighted by molar-refractivity contribution is -0.121. The van der Waals surface area contributed by atoms with Crippen molar-refractivity contribution in [1.29, 1.82) is 0 Å². The van der Waals surface area contributed by atoms with Gasteiger partial charge in [0.2, 0.25) is 15.9 Å². The Hall–Kier alpha value is -3.03. The van der Waals surface area contributed by atoms with Gasteiger partial charge in [-0.25, -0.2) is 8.42 Å². The van der Waals surface area contributed by atoms with Crippen LogP contribution in [0.1, 0.15) is 35.6 Å². The van der Waals surface area contributed by atoms with Gasteiger partial charge in [0.1, 0.15) is 5.75 Å². The maximum atomic E-state index is 12.9. The van der Waals surface area contributed by atoms with Crippen molar-refractivity contribution in [3.05, 3.63) is 94.5 Å². The van der Waals surface area contributed by atoms with Crippen LogP contribution in [-0.4, -0.2) is 34.2 Å². The summed E-state index contributed by atoms with van der Waals surface area (Å²) in [6, 6.07) is 22.2. The first-order valence-corrected chi connectivity index (χ1v) is 13.1. The number of hydrogen-bond donors (Lipinski definition) is 1. The molecule has 1 amide bonds. The zero-order valence-corrected chi connectivity index (χ0v) is 21.1. The van der Waals surface area contributed by atoms with Crippen LogP contribution in [0.2, 0.25) is 5.02 Å². The van der Waals surface area contributed by atoms with Gasteiger partial charge in [-0.3, -0.25) is 9.10 Å². The number of rotatable bonds is 10. The molecule has 34 heavy (non-hydrogen) atoms. The summed E-state index contributed by atoms with van der Waals surface area (Å²) in [5.74, 6) is 0.305. The molecule has 0 aliphatic carbocycles. The Morgan fingerprint density at radius 2 is 1.74 bits per heavy atom. The highest BCUT2D eigenvalue weighted by molar-refractivity contribution is 7.92. The number of carbonyl (C=O) groups is 1. The predicted octanol–water partition coefficient (Wildman–Crippen LogP) is 5.11. The maximum Gasteiger partial charge on any atom is 0.232 e. The Morgan fingerprint density at radius 3 is 2.35 bits per heavy atom. The summed E-state index contributed by atoms with van der Waals surface area (Å²) in [6.07, 6.45) is 1.65. The molecule has 0 radical (unpaired) electrons. The maximum absolute atomic E-state index is 12.9. The molecule has 3 rings (SSSR count). The fourth-order valence-corrected chi connectivity index (χ4v) is 5.02. The van der Waals surface area contributed by atoms with Gasteiger partial charge in [0.15, 0.2) is 0 Å². The van der Waals surface area contributed by atoms with E-state index in [4.69, 9.17) is 16.3 Å². The zero-order valence-electron chi connectivity index (χ0n) is 19.5. The van der Waals surface area contributed by atoms with Gasteiger partial charge in [0.25, 0.3) is 0 Å². The number of amides is 1. The Labute approximate surface area is 206 Å². The highest BCUT2D eigenvalue weighted by atomic mass is 35.5. The molecule has 0 aliphatic rings. The summed E-state index contributed by atoms with van der Waals surface area (Å²) < 4.78 is 31.2. The van der Waals surface area contributed by atoms with Gasteiger partial charge in [-0.05, 0) is 48.2 Å². The number of nitrogens with one attached hydrogen (secondary N) is 1. The molecule has 6 nitrogen and oxygen atoms in total. The monoisotopic (exact) mass is 500 g/mol. The van der Waals surface area contributed by atoms with Crippen LogP contribution in [0.4, 0.5) is 5.69 Å². The highest BCUT2D eigenvalue weighted by Gasteiger charge is 2.21. The lowest BCUT2D eigenvalue weighted by Gasteiger charge is -2.24. The van der Waals surface area contributed by atoms with E-state index in [1.165, 1.54) is 11.4 Å². The minimum absolute atomic E-state index is 0.148. The summed E-state index contributed by atoms with van der Waals surface area (Å²) in [4.78, 5) is 12.9. The van der Waals surface area contributed by atoms with Crippen molar-refractivity contribution in [3.63, 3.8) is 0 Å². The third kappa shape index (κ3) is 6.52. The van der Waals surface area contributed by atoms with E-state index in [2.05, 4.69) is 5.32 Å². The fourth-order valence-electron chi connectivity index (χ4n) is 3.81. The van der Waals surface area contributed by atoms with Crippen molar-refractivity contribution in [1.82, 2.24) is 5.32 Å². The Morgan fingerprint density at radius 1 is 1.06 bits per heavy atom. The predicted molar refractivity (Wildman–Crippen MR) is 137 cm³/mol. The van der Waals surface area contributed by atoms with Crippen LogP contribution >= 0.6 is 11.6 Å². The van der Waals surface area contributed by atoms with Crippen LogP contribution < -0.4 is 14.4 Å². The lowest BCUT2D eigenvalue weighted by atomic mass is 9.95. The van der Waals surface area contributed by atoms with Crippen molar-refractivity contribution in [3.8, 4) is 5.75 Å². The first kappa shape index (κ1) is 25.6. The molecule has 0 unspecified atom stereocenters. The molecule has 3 aromatic rings. The second-order valence-corrected chi connectivity index (χ2v) is 10.3. The van der Waals surface area contributed by atoms with Gasteiger partial charge < -0.3 is 10.1 Å². The van der Waals surface area contributed by atoms with Crippen molar-refractivity contribution >= 4 is 33.2 Å². The zero-order chi connectivity index (χ0) is 24.7. The molecule has 1 atom stereocenters. The van der Waals surface area contributed by atoms with Crippen LogP contribution in [-0.2, 0) is 14.8 Å². The van der Waals surface area contributed by atoms with Gasteiger partial charge in [0, 0.05) is 13.0 Å². The Bertz CT molecular complexity index is 1230. The van der Waals surface area contributed by atoms with E-state index >= 15 is 0 Å². The van der Waals surface area contributed by atoms with Crippen molar-refractivity contribution in [2.24, 2.45) is 0 Å². The molecule has 1 N–H and O–H groups in total. The number of benzene rings is 3. The van der Waals surface area contributed by atoms with E-state index < -0.39 is 10.0 Å². The summed E-state index contributed by atoms with van der Waals surface area (Å²) in [5.41, 5.74) is 3.51. The van der Waals surface area contributed by atoms with Gasteiger partial charge in [0.05, 0.1) is 30.1 Å². The molecular weight excluding hydrogens is 472 g/mol. The van der Waals surface area contributed by atoms with Gasteiger partial charge in [-0.15, -0.1) is 0 Å². The van der Waals surface area contributed by atoms with Crippen molar-refractivity contribution in [2.75, 3.05) is 24.2 Å². The summed E-state index contributed by atoms with van der Waals surface area (Å²) in [5, 5.41) is 3.44.